The van der Waals surface area contributed by atoms with Gasteiger partial charge in [-0.1, -0.05) is 24.6 Å². The smallest absolute Gasteiger partial charge is 0.233 e. The summed E-state index contributed by atoms with van der Waals surface area (Å²) in [5, 5.41) is 9.54. The van der Waals surface area contributed by atoms with E-state index in [1.807, 2.05) is 23.1 Å². The number of likely N-dealkylation sites (tertiary alicyclic amines) is 1. The maximum absolute atomic E-state index is 12.6. The molecule has 1 aromatic carbocycles. The minimum atomic E-state index is 0.194. The average molecular weight is 417 g/mol. The van der Waals surface area contributed by atoms with Gasteiger partial charge in [-0.2, -0.15) is 0 Å². The number of ether oxygens (including phenoxy) is 2. The summed E-state index contributed by atoms with van der Waals surface area (Å²) in [5.74, 6) is 2.90. The van der Waals surface area contributed by atoms with Crippen molar-refractivity contribution in [3.05, 3.63) is 18.2 Å². The van der Waals surface area contributed by atoms with Crippen LogP contribution >= 0.6 is 11.8 Å². The molecule has 0 spiro atoms. The number of hydrogen-bond donors (Lipinski definition) is 0. The van der Waals surface area contributed by atoms with Crippen molar-refractivity contribution in [3.63, 3.8) is 0 Å². The van der Waals surface area contributed by atoms with Crippen molar-refractivity contribution in [1.29, 1.82) is 0 Å². The predicted molar refractivity (Wildman–Crippen MR) is 113 cm³/mol. The molecule has 0 atom stereocenters. The second-order valence-electron chi connectivity index (χ2n) is 7.35. The molecule has 0 radical (unpaired) electrons. The van der Waals surface area contributed by atoms with Crippen LogP contribution in [0.3, 0.4) is 0 Å². The number of thioether (sulfide) groups is 1. The monoisotopic (exact) mass is 416 g/mol. The van der Waals surface area contributed by atoms with Crippen LogP contribution in [0.15, 0.2) is 23.4 Å². The number of nitrogens with zero attached hydrogens (tertiary/aromatic N) is 4. The highest BCUT2D eigenvalue weighted by atomic mass is 32.2. The second-order valence-corrected chi connectivity index (χ2v) is 8.29. The number of fused-ring (bicyclic) bond motifs is 1. The van der Waals surface area contributed by atoms with E-state index in [0.717, 1.165) is 66.9 Å². The molecule has 29 heavy (non-hydrogen) atoms. The number of carbonyl (C=O) groups is 1. The first-order chi connectivity index (χ1) is 14.3. The SMILES string of the molecule is CCn1c(SCC(=O)N2CCCCCC2)nnc1-c1ccc2c(c1)OCCCO2. The minimum absolute atomic E-state index is 0.194. The van der Waals surface area contributed by atoms with Crippen molar-refractivity contribution in [2.45, 2.75) is 50.7 Å². The third-order valence-electron chi connectivity index (χ3n) is 5.32. The topological polar surface area (TPSA) is 69.5 Å². The Kier molecular flexibility index (Phi) is 6.59. The van der Waals surface area contributed by atoms with E-state index in [2.05, 4.69) is 21.7 Å². The quantitative estimate of drug-likeness (QED) is 0.694. The summed E-state index contributed by atoms with van der Waals surface area (Å²) < 4.78 is 13.6. The normalized spacial score (nSPS) is 16.9. The van der Waals surface area contributed by atoms with Gasteiger partial charge in [0.2, 0.25) is 5.91 Å². The van der Waals surface area contributed by atoms with Crippen LogP contribution in [0.5, 0.6) is 11.5 Å². The van der Waals surface area contributed by atoms with Crippen LogP contribution in [0.25, 0.3) is 11.4 Å². The fourth-order valence-corrected chi connectivity index (χ4v) is 4.64. The molecular formula is C21H28N4O3S. The van der Waals surface area contributed by atoms with E-state index >= 15 is 0 Å². The van der Waals surface area contributed by atoms with E-state index in [1.54, 1.807) is 0 Å². The lowest BCUT2D eigenvalue weighted by molar-refractivity contribution is -0.128. The molecule has 3 heterocycles. The van der Waals surface area contributed by atoms with Crippen molar-refractivity contribution in [2.75, 3.05) is 32.1 Å². The molecule has 2 aromatic rings. The maximum atomic E-state index is 12.6. The molecule has 0 N–H and O–H groups in total. The molecular weight excluding hydrogens is 388 g/mol. The fraction of sp³-hybridized carbons (Fsp3) is 0.571. The number of hydrogen-bond acceptors (Lipinski definition) is 6. The van der Waals surface area contributed by atoms with Gasteiger partial charge in [-0.3, -0.25) is 4.79 Å². The Bertz CT molecular complexity index is 846. The van der Waals surface area contributed by atoms with Crippen LogP contribution in [0.4, 0.5) is 0 Å². The average Bonchev–Trinajstić information content (AvgIpc) is 2.92. The number of amides is 1. The summed E-state index contributed by atoms with van der Waals surface area (Å²) in [6.45, 7) is 5.87. The molecule has 2 aliphatic heterocycles. The molecule has 1 aromatic heterocycles. The van der Waals surface area contributed by atoms with Gasteiger partial charge in [0, 0.05) is 31.6 Å². The second kappa shape index (κ2) is 9.52. The molecule has 1 fully saturated rings. The zero-order valence-electron chi connectivity index (χ0n) is 16.9. The van der Waals surface area contributed by atoms with Crippen molar-refractivity contribution in [3.8, 4) is 22.9 Å². The maximum Gasteiger partial charge on any atom is 0.233 e. The first-order valence-corrected chi connectivity index (χ1v) is 11.5. The molecule has 0 unspecified atom stereocenters. The molecule has 4 rings (SSSR count). The van der Waals surface area contributed by atoms with Gasteiger partial charge in [0.25, 0.3) is 0 Å². The first-order valence-electron chi connectivity index (χ1n) is 10.5. The largest absolute Gasteiger partial charge is 0.490 e. The van der Waals surface area contributed by atoms with Crippen LogP contribution in [0.1, 0.15) is 39.0 Å². The van der Waals surface area contributed by atoms with Gasteiger partial charge in [-0.05, 0) is 38.0 Å². The Labute approximate surface area is 175 Å². The van der Waals surface area contributed by atoms with Crippen LogP contribution < -0.4 is 9.47 Å². The number of benzene rings is 1. The highest BCUT2D eigenvalue weighted by molar-refractivity contribution is 7.99. The lowest BCUT2D eigenvalue weighted by Gasteiger charge is -2.19. The zero-order chi connectivity index (χ0) is 20.1. The molecule has 7 nitrogen and oxygen atoms in total. The molecule has 0 aliphatic carbocycles. The van der Waals surface area contributed by atoms with E-state index in [4.69, 9.17) is 9.47 Å². The Balaban J connectivity index is 1.48. The Morgan fingerprint density at radius 3 is 2.55 bits per heavy atom. The van der Waals surface area contributed by atoms with Gasteiger partial charge in [0.05, 0.1) is 19.0 Å². The van der Waals surface area contributed by atoms with Gasteiger partial charge in [-0.25, -0.2) is 0 Å². The molecule has 0 saturated carbocycles. The Hall–Kier alpha value is -2.22. The molecule has 8 heteroatoms. The van der Waals surface area contributed by atoms with Crippen molar-refractivity contribution in [2.24, 2.45) is 0 Å². The summed E-state index contributed by atoms with van der Waals surface area (Å²) in [7, 11) is 0. The van der Waals surface area contributed by atoms with E-state index in [1.165, 1.54) is 24.6 Å². The Morgan fingerprint density at radius 2 is 1.79 bits per heavy atom. The van der Waals surface area contributed by atoms with Crippen molar-refractivity contribution < 1.29 is 14.3 Å². The number of rotatable bonds is 5. The van der Waals surface area contributed by atoms with Gasteiger partial charge >= 0.3 is 0 Å². The van der Waals surface area contributed by atoms with Crippen LogP contribution in [-0.4, -0.2) is 57.6 Å². The number of carbonyl (C=O) groups excluding carboxylic acids is 1. The summed E-state index contributed by atoms with van der Waals surface area (Å²) in [4.78, 5) is 14.6. The predicted octanol–water partition coefficient (Wildman–Crippen LogP) is 3.62. The molecule has 1 amide bonds. The van der Waals surface area contributed by atoms with E-state index in [-0.39, 0.29) is 5.91 Å². The molecule has 1 saturated heterocycles. The summed E-state index contributed by atoms with van der Waals surface area (Å²) in [6, 6.07) is 5.88. The molecule has 0 bridgehead atoms. The number of aromatic nitrogens is 3. The third kappa shape index (κ3) is 4.69. The van der Waals surface area contributed by atoms with E-state index in [0.29, 0.717) is 19.0 Å². The molecule has 156 valence electrons. The zero-order valence-corrected chi connectivity index (χ0v) is 17.7. The first kappa shape index (κ1) is 20.1. The van der Waals surface area contributed by atoms with E-state index < -0.39 is 0 Å². The van der Waals surface area contributed by atoms with Gasteiger partial charge in [-0.15, -0.1) is 10.2 Å². The summed E-state index contributed by atoms with van der Waals surface area (Å²) in [5.41, 5.74) is 0.939. The third-order valence-corrected chi connectivity index (χ3v) is 6.27. The van der Waals surface area contributed by atoms with Crippen molar-refractivity contribution >= 4 is 17.7 Å². The van der Waals surface area contributed by atoms with Gasteiger partial charge in [0.15, 0.2) is 22.5 Å². The standard InChI is InChI=1S/C21H28N4O3S/c1-2-25-20(16-8-9-17-18(14-16)28-13-7-12-27-17)22-23-21(25)29-15-19(26)24-10-5-3-4-6-11-24/h8-9,14H,2-7,10-13,15H2,1H3. The van der Waals surface area contributed by atoms with Crippen molar-refractivity contribution in [1.82, 2.24) is 19.7 Å². The minimum Gasteiger partial charge on any atom is -0.490 e. The summed E-state index contributed by atoms with van der Waals surface area (Å²) >= 11 is 1.47. The van der Waals surface area contributed by atoms with Crippen LogP contribution in [0.2, 0.25) is 0 Å². The van der Waals surface area contributed by atoms with Crippen LogP contribution in [0, 0.1) is 0 Å². The van der Waals surface area contributed by atoms with Gasteiger partial charge in [0.1, 0.15) is 0 Å². The van der Waals surface area contributed by atoms with Gasteiger partial charge < -0.3 is 18.9 Å². The Morgan fingerprint density at radius 1 is 1.03 bits per heavy atom. The lowest BCUT2D eigenvalue weighted by atomic mass is 10.2. The van der Waals surface area contributed by atoms with E-state index in [9.17, 15) is 4.79 Å². The summed E-state index contributed by atoms with van der Waals surface area (Å²) in [6.07, 6.45) is 5.53. The fourth-order valence-electron chi connectivity index (χ4n) is 3.73. The molecule has 2 aliphatic rings. The lowest BCUT2D eigenvalue weighted by Crippen LogP contribution is -2.33. The highest BCUT2D eigenvalue weighted by Gasteiger charge is 2.20. The van der Waals surface area contributed by atoms with Crippen LogP contribution in [-0.2, 0) is 11.3 Å². The highest BCUT2D eigenvalue weighted by Crippen LogP contribution is 2.34.